The van der Waals surface area contributed by atoms with Crippen molar-refractivity contribution in [3.63, 3.8) is 0 Å². The van der Waals surface area contributed by atoms with Gasteiger partial charge in [-0.1, -0.05) is 34.6 Å². The van der Waals surface area contributed by atoms with E-state index in [-0.39, 0.29) is 5.41 Å². The summed E-state index contributed by atoms with van der Waals surface area (Å²) in [7, 11) is 0. The van der Waals surface area contributed by atoms with E-state index >= 15 is 0 Å². The number of hydrogen-bond acceptors (Lipinski definition) is 2. The molecule has 96 valence electrons. The molecular formula is C14H30N2. The van der Waals surface area contributed by atoms with E-state index in [2.05, 4.69) is 46.4 Å². The maximum absolute atomic E-state index is 6.35. The SMILES string of the molecule is CCC(N)C(N1CC(C)CC1C)C(C)(C)C. The van der Waals surface area contributed by atoms with Gasteiger partial charge in [-0.05, 0) is 31.1 Å². The Labute approximate surface area is 102 Å². The topological polar surface area (TPSA) is 29.3 Å². The van der Waals surface area contributed by atoms with Crippen molar-refractivity contribution >= 4 is 0 Å². The van der Waals surface area contributed by atoms with Crippen LogP contribution < -0.4 is 5.73 Å². The van der Waals surface area contributed by atoms with Crippen LogP contribution in [0.25, 0.3) is 0 Å². The zero-order valence-electron chi connectivity index (χ0n) is 12.0. The molecule has 1 fully saturated rings. The van der Waals surface area contributed by atoms with Gasteiger partial charge in [-0.2, -0.15) is 0 Å². The molecule has 0 radical (unpaired) electrons. The summed E-state index contributed by atoms with van der Waals surface area (Å²) in [6, 6.07) is 1.50. The van der Waals surface area contributed by atoms with Crippen molar-refractivity contribution in [2.24, 2.45) is 17.1 Å². The molecule has 0 amide bonds. The van der Waals surface area contributed by atoms with Crippen LogP contribution in [0.3, 0.4) is 0 Å². The Morgan fingerprint density at radius 1 is 1.31 bits per heavy atom. The lowest BCUT2D eigenvalue weighted by Crippen LogP contribution is -2.55. The Kier molecular flexibility index (Phi) is 4.42. The third kappa shape index (κ3) is 2.98. The van der Waals surface area contributed by atoms with Crippen LogP contribution in [-0.2, 0) is 0 Å². The molecule has 0 aromatic heterocycles. The largest absolute Gasteiger partial charge is 0.326 e. The van der Waals surface area contributed by atoms with Crippen molar-refractivity contribution in [3.8, 4) is 0 Å². The van der Waals surface area contributed by atoms with Crippen LogP contribution >= 0.6 is 0 Å². The van der Waals surface area contributed by atoms with E-state index in [0.29, 0.717) is 18.1 Å². The number of hydrogen-bond donors (Lipinski definition) is 1. The highest BCUT2D eigenvalue weighted by atomic mass is 15.2. The molecule has 0 spiro atoms. The predicted octanol–water partition coefficient (Wildman–Crippen LogP) is 2.87. The van der Waals surface area contributed by atoms with E-state index < -0.39 is 0 Å². The molecule has 0 aromatic rings. The lowest BCUT2D eigenvalue weighted by Gasteiger charge is -2.43. The van der Waals surface area contributed by atoms with E-state index in [1.165, 1.54) is 13.0 Å². The average molecular weight is 226 g/mol. The van der Waals surface area contributed by atoms with Crippen LogP contribution in [0.1, 0.15) is 54.4 Å². The molecule has 0 aliphatic carbocycles. The number of nitrogens with zero attached hydrogens (tertiary/aromatic N) is 1. The van der Waals surface area contributed by atoms with E-state index in [1.807, 2.05) is 0 Å². The van der Waals surface area contributed by atoms with Gasteiger partial charge < -0.3 is 5.73 Å². The Morgan fingerprint density at radius 2 is 1.88 bits per heavy atom. The standard InChI is InChI=1S/C14H30N2/c1-7-12(15)13(14(4,5)6)16-9-10(2)8-11(16)3/h10-13H,7-9,15H2,1-6H3. The first-order chi connectivity index (χ1) is 7.27. The second-order valence-corrected chi connectivity index (χ2v) is 6.77. The summed E-state index contributed by atoms with van der Waals surface area (Å²) >= 11 is 0. The van der Waals surface area contributed by atoms with Gasteiger partial charge in [0.1, 0.15) is 0 Å². The molecule has 16 heavy (non-hydrogen) atoms. The van der Waals surface area contributed by atoms with E-state index in [9.17, 15) is 0 Å². The molecule has 1 aliphatic heterocycles. The Bertz CT molecular complexity index is 219. The maximum Gasteiger partial charge on any atom is 0.0298 e. The fraction of sp³-hybridized carbons (Fsp3) is 1.00. The zero-order valence-corrected chi connectivity index (χ0v) is 12.0. The van der Waals surface area contributed by atoms with Gasteiger partial charge in [0.2, 0.25) is 0 Å². The van der Waals surface area contributed by atoms with Crippen LogP contribution in [0.4, 0.5) is 0 Å². The zero-order chi connectivity index (χ0) is 12.5. The molecule has 4 unspecified atom stereocenters. The second-order valence-electron chi connectivity index (χ2n) is 6.77. The molecular weight excluding hydrogens is 196 g/mol. The van der Waals surface area contributed by atoms with Crippen molar-refractivity contribution in [1.82, 2.24) is 4.90 Å². The van der Waals surface area contributed by atoms with Crippen molar-refractivity contribution < 1.29 is 0 Å². The summed E-state index contributed by atoms with van der Waals surface area (Å²) in [6.45, 7) is 15.1. The van der Waals surface area contributed by atoms with E-state index in [4.69, 9.17) is 5.73 Å². The first-order valence-corrected chi connectivity index (χ1v) is 6.78. The molecule has 1 rings (SSSR count). The average Bonchev–Trinajstić information content (AvgIpc) is 2.43. The van der Waals surface area contributed by atoms with Gasteiger partial charge >= 0.3 is 0 Å². The van der Waals surface area contributed by atoms with Gasteiger partial charge in [0, 0.05) is 24.7 Å². The molecule has 4 atom stereocenters. The normalized spacial score (nSPS) is 31.7. The van der Waals surface area contributed by atoms with Gasteiger partial charge in [0.05, 0.1) is 0 Å². The highest BCUT2D eigenvalue weighted by Gasteiger charge is 2.40. The molecule has 0 aromatic carbocycles. The third-order valence-corrected chi connectivity index (χ3v) is 3.95. The highest BCUT2D eigenvalue weighted by molar-refractivity contribution is 4.96. The molecule has 0 saturated carbocycles. The van der Waals surface area contributed by atoms with Crippen LogP contribution in [0.5, 0.6) is 0 Å². The van der Waals surface area contributed by atoms with Crippen LogP contribution in [-0.4, -0.2) is 29.6 Å². The summed E-state index contributed by atoms with van der Waals surface area (Å²) in [6.07, 6.45) is 2.39. The monoisotopic (exact) mass is 226 g/mol. The molecule has 2 heteroatoms. The third-order valence-electron chi connectivity index (χ3n) is 3.95. The minimum atomic E-state index is 0.272. The Morgan fingerprint density at radius 3 is 2.19 bits per heavy atom. The van der Waals surface area contributed by atoms with Gasteiger partial charge in [0.25, 0.3) is 0 Å². The summed E-state index contributed by atoms with van der Waals surface area (Å²) in [5, 5.41) is 0. The summed E-state index contributed by atoms with van der Waals surface area (Å²) < 4.78 is 0. The molecule has 1 saturated heterocycles. The minimum absolute atomic E-state index is 0.272. The smallest absolute Gasteiger partial charge is 0.0298 e. The second kappa shape index (κ2) is 5.05. The van der Waals surface area contributed by atoms with Crippen molar-refractivity contribution in [2.75, 3.05) is 6.54 Å². The minimum Gasteiger partial charge on any atom is -0.326 e. The summed E-state index contributed by atoms with van der Waals surface area (Å²) in [5.41, 5.74) is 6.62. The van der Waals surface area contributed by atoms with E-state index in [1.54, 1.807) is 0 Å². The lowest BCUT2D eigenvalue weighted by atomic mass is 9.80. The molecule has 2 N–H and O–H groups in total. The van der Waals surface area contributed by atoms with Gasteiger partial charge in [-0.3, -0.25) is 4.90 Å². The fourth-order valence-corrected chi connectivity index (χ4v) is 3.33. The summed E-state index contributed by atoms with van der Waals surface area (Å²) in [5.74, 6) is 0.823. The van der Waals surface area contributed by atoms with E-state index in [0.717, 1.165) is 12.3 Å². The highest BCUT2D eigenvalue weighted by Crippen LogP contribution is 2.34. The quantitative estimate of drug-likeness (QED) is 0.802. The molecule has 0 bridgehead atoms. The first kappa shape index (κ1) is 14.0. The maximum atomic E-state index is 6.35. The van der Waals surface area contributed by atoms with Gasteiger partial charge in [-0.25, -0.2) is 0 Å². The Balaban J connectivity index is 2.85. The number of likely N-dealkylation sites (tertiary alicyclic amines) is 1. The lowest BCUT2D eigenvalue weighted by molar-refractivity contribution is 0.0691. The summed E-state index contributed by atoms with van der Waals surface area (Å²) in [4.78, 5) is 2.65. The fourth-order valence-electron chi connectivity index (χ4n) is 3.33. The molecule has 1 heterocycles. The van der Waals surface area contributed by atoms with Crippen molar-refractivity contribution in [3.05, 3.63) is 0 Å². The van der Waals surface area contributed by atoms with Gasteiger partial charge in [0.15, 0.2) is 0 Å². The van der Waals surface area contributed by atoms with Crippen molar-refractivity contribution in [1.29, 1.82) is 0 Å². The Hall–Kier alpha value is -0.0800. The van der Waals surface area contributed by atoms with Crippen molar-refractivity contribution in [2.45, 2.75) is 72.5 Å². The van der Waals surface area contributed by atoms with Crippen LogP contribution in [0.15, 0.2) is 0 Å². The predicted molar refractivity (Wildman–Crippen MR) is 71.5 cm³/mol. The molecule has 2 nitrogen and oxygen atoms in total. The van der Waals surface area contributed by atoms with Crippen LogP contribution in [0.2, 0.25) is 0 Å². The number of nitrogens with two attached hydrogens (primary N) is 1. The van der Waals surface area contributed by atoms with Gasteiger partial charge in [-0.15, -0.1) is 0 Å². The molecule has 1 aliphatic rings. The number of rotatable bonds is 3. The first-order valence-electron chi connectivity index (χ1n) is 6.78. The van der Waals surface area contributed by atoms with Crippen LogP contribution in [0, 0.1) is 11.3 Å².